The topological polar surface area (TPSA) is 77.2 Å². The molecule has 1 amide bonds. The summed E-state index contributed by atoms with van der Waals surface area (Å²) < 4.78 is 6.20. The maximum Gasteiger partial charge on any atom is 0.407 e. The van der Waals surface area contributed by atoms with Crippen molar-refractivity contribution in [3.63, 3.8) is 0 Å². The summed E-state index contributed by atoms with van der Waals surface area (Å²) in [4.78, 5) is 15.8. The number of anilines is 1. The van der Waals surface area contributed by atoms with Crippen molar-refractivity contribution in [1.29, 1.82) is 0 Å². The predicted octanol–water partition coefficient (Wildman–Crippen LogP) is 3.42. The Kier molecular flexibility index (Phi) is 4.47. The van der Waals surface area contributed by atoms with E-state index < -0.39 is 11.7 Å². The molecule has 0 saturated carbocycles. The molecule has 0 spiro atoms. The fourth-order valence-corrected chi connectivity index (χ4v) is 2.53. The van der Waals surface area contributed by atoms with Crippen molar-refractivity contribution < 1.29 is 9.53 Å². The summed E-state index contributed by atoms with van der Waals surface area (Å²) in [6, 6.07) is 5.91. The summed E-state index contributed by atoms with van der Waals surface area (Å²) in [6.45, 7) is 5.88. The highest BCUT2D eigenvalue weighted by atomic mass is 32.1. The average Bonchev–Trinajstić information content (AvgIpc) is 2.73. The lowest BCUT2D eigenvalue weighted by Gasteiger charge is -2.19. The Bertz CT molecular complexity index is 671. The molecule has 0 fully saturated rings. The van der Waals surface area contributed by atoms with Gasteiger partial charge in [-0.2, -0.15) is 0 Å². The molecule has 0 atom stereocenters. The number of carbonyl (C=O) groups is 1. The van der Waals surface area contributed by atoms with Crippen LogP contribution in [0.15, 0.2) is 24.3 Å². The van der Waals surface area contributed by atoms with Gasteiger partial charge in [-0.15, -0.1) is 0 Å². The van der Waals surface area contributed by atoms with Gasteiger partial charge in [-0.1, -0.05) is 35.6 Å². The number of carbonyl (C=O) groups excluding carboxylic acids is 1. The highest BCUT2D eigenvalue weighted by Gasteiger charge is 2.15. The SMILES string of the molecule is CC(C)(C)OC(=O)NCC=Cc1cccc2sc(N)nc12. The molecule has 1 aromatic carbocycles. The molecule has 2 aromatic rings. The van der Waals surface area contributed by atoms with E-state index in [0.29, 0.717) is 11.7 Å². The van der Waals surface area contributed by atoms with Gasteiger partial charge in [-0.25, -0.2) is 9.78 Å². The summed E-state index contributed by atoms with van der Waals surface area (Å²) in [5, 5.41) is 3.23. The summed E-state index contributed by atoms with van der Waals surface area (Å²) in [5.41, 5.74) is 7.10. The maximum absolute atomic E-state index is 11.5. The van der Waals surface area contributed by atoms with Crippen molar-refractivity contribution in [3.05, 3.63) is 29.8 Å². The van der Waals surface area contributed by atoms with Crippen molar-refractivity contribution >= 4 is 38.9 Å². The first kappa shape index (κ1) is 15.3. The van der Waals surface area contributed by atoms with E-state index in [4.69, 9.17) is 10.5 Å². The molecule has 1 aromatic heterocycles. The van der Waals surface area contributed by atoms with Gasteiger partial charge in [0.1, 0.15) is 5.60 Å². The van der Waals surface area contributed by atoms with Gasteiger partial charge in [-0.3, -0.25) is 0 Å². The van der Waals surface area contributed by atoms with Crippen LogP contribution in [0, 0.1) is 0 Å². The second-order valence-electron chi connectivity index (χ2n) is 5.53. The lowest BCUT2D eigenvalue weighted by Crippen LogP contribution is -2.32. The highest BCUT2D eigenvalue weighted by Crippen LogP contribution is 2.26. The Balaban J connectivity index is 1.96. The van der Waals surface area contributed by atoms with E-state index in [1.54, 1.807) is 0 Å². The van der Waals surface area contributed by atoms with Gasteiger partial charge in [0.25, 0.3) is 0 Å². The standard InChI is InChI=1S/C15H19N3O2S/c1-15(2,3)20-14(19)17-9-5-7-10-6-4-8-11-12(10)18-13(16)21-11/h4-8H,9H2,1-3H3,(H2,16,18)(H,17,19). The van der Waals surface area contributed by atoms with Gasteiger partial charge in [0.05, 0.1) is 10.2 Å². The smallest absolute Gasteiger partial charge is 0.407 e. The minimum absolute atomic E-state index is 0.394. The van der Waals surface area contributed by atoms with Gasteiger partial charge in [0, 0.05) is 12.1 Å². The number of thiazole rings is 1. The molecule has 112 valence electrons. The normalized spacial score (nSPS) is 12.0. The molecule has 5 nitrogen and oxygen atoms in total. The number of rotatable bonds is 3. The number of fused-ring (bicyclic) bond motifs is 1. The number of hydrogen-bond acceptors (Lipinski definition) is 5. The van der Waals surface area contributed by atoms with Crippen LogP contribution in [0.3, 0.4) is 0 Å². The molecule has 0 saturated heterocycles. The van der Waals surface area contributed by atoms with Crippen LogP contribution in [0.1, 0.15) is 26.3 Å². The second-order valence-corrected chi connectivity index (χ2v) is 6.59. The van der Waals surface area contributed by atoms with Crippen LogP contribution >= 0.6 is 11.3 Å². The van der Waals surface area contributed by atoms with E-state index in [2.05, 4.69) is 10.3 Å². The second kappa shape index (κ2) is 6.13. The van der Waals surface area contributed by atoms with Crippen LogP contribution in [-0.2, 0) is 4.74 Å². The summed E-state index contributed by atoms with van der Waals surface area (Å²) in [7, 11) is 0. The number of amides is 1. The number of ether oxygens (including phenoxy) is 1. The van der Waals surface area contributed by atoms with Crippen LogP contribution < -0.4 is 11.1 Å². The number of nitrogens with two attached hydrogens (primary N) is 1. The quantitative estimate of drug-likeness (QED) is 0.911. The Morgan fingerprint density at radius 1 is 1.48 bits per heavy atom. The molecular weight excluding hydrogens is 286 g/mol. The van der Waals surface area contributed by atoms with E-state index >= 15 is 0 Å². The van der Waals surface area contributed by atoms with Crippen LogP contribution in [0.5, 0.6) is 0 Å². The first-order valence-electron chi connectivity index (χ1n) is 6.63. The van der Waals surface area contributed by atoms with Crippen LogP contribution in [-0.4, -0.2) is 23.2 Å². The molecule has 3 N–H and O–H groups in total. The zero-order valence-electron chi connectivity index (χ0n) is 12.3. The van der Waals surface area contributed by atoms with Gasteiger partial charge >= 0.3 is 6.09 Å². The summed E-state index contributed by atoms with van der Waals surface area (Å²) in [5.74, 6) is 0. The van der Waals surface area contributed by atoms with Crippen LogP contribution in [0.2, 0.25) is 0 Å². The molecule has 21 heavy (non-hydrogen) atoms. The van der Waals surface area contributed by atoms with Crippen LogP contribution in [0.25, 0.3) is 16.3 Å². The number of nitrogen functional groups attached to an aromatic ring is 1. The number of nitrogens with zero attached hydrogens (tertiary/aromatic N) is 1. The fourth-order valence-electron chi connectivity index (χ4n) is 1.76. The lowest BCUT2D eigenvalue weighted by molar-refractivity contribution is 0.0534. The fraction of sp³-hybridized carbons (Fsp3) is 0.333. The van der Waals surface area contributed by atoms with Crippen molar-refractivity contribution in [2.45, 2.75) is 26.4 Å². The maximum atomic E-state index is 11.5. The molecule has 0 aliphatic rings. The zero-order valence-corrected chi connectivity index (χ0v) is 13.2. The predicted molar refractivity (Wildman–Crippen MR) is 87.3 cm³/mol. The molecule has 0 bridgehead atoms. The first-order valence-corrected chi connectivity index (χ1v) is 7.45. The van der Waals surface area contributed by atoms with Gasteiger partial charge < -0.3 is 15.8 Å². The molecular formula is C15H19N3O2S. The molecule has 0 unspecified atom stereocenters. The van der Waals surface area contributed by atoms with E-state index in [9.17, 15) is 4.79 Å². The van der Waals surface area contributed by atoms with Gasteiger partial charge in [0.15, 0.2) is 5.13 Å². The summed E-state index contributed by atoms with van der Waals surface area (Å²) in [6.07, 6.45) is 3.34. The monoisotopic (exact) mass is 305 g/mol. The van der Waals surface area contributed by atoms with E-state index in [1.807, 2.05) is 51.1 Å². The van der Waals surface area contributed by atoms with Crippen LogP contribution in [0.4, 0.5) is 9.93 Å². The molecule has 1 heterocycles. The Hall–Kier alpha value is -2.08. The molecule has 2 rings (SSSR count). The number of hydrogen-bond donors (Lipinski definition) is 2. The number of benzene rings is 1. The van der Waals surface area contributed by atoms with Gasteiger partial charge in [0.2, 0.25) is 0 Å². The van der Waals surface area contributed by atoms with E-state index in [-0.39, 0.29) is 0 Å². The minimum Gasteiger partial charge on any atom is -0.444 e. The average molecular weight is 305 g/mol. The van der Waals surface area contributed by atoms with E-state index in [1.165, 1.54) is 11.3 Å². The summed E-state index contributed by atoms with van der Waals surface area (Å²) >= 11 is 1.46. The number of nitrogens with one attached hydrogen (secondary N) is 1. The minimum atomic E-state index is -0.489. The molecule has 6 heteroatoms. The number of aromatic nitrogens is 1. The van der Waals surface area contributed by atoms with E-state index in [0.717, 1.165) is 15.8 Å². The van der Waals surface area contributed by atoms with Gasteiger partial charge in [-0.05, 0) is 26.8 Å². The highest BCUT2D eigenvalue weighted by molar-refractivity contribution is 7.22. The largest absolute Gasteiger partial charge is 0.444 e. The Morgan fingerprint density at radius 2 is 2.24 bits per heavy atom. The first-order chi connectivity index (χ1) is 9.85. The third-order valence-electron chi connectivity index (χ3n) is 2.53. The number of para-hydroxylation sites is 1. The van der Waals surface area contributed by atoms with Crippen molar-refractivity contribution in [2.24, 2.45) is 0 Å². The number of alkyl carbamates (subject to hydrolysis) is 1. The van der Waals surface area contributed by atoms with Crippen molar-refractivity contribution in [1.82, 2.24) is 10.3 Å². The third-order valence-corrected chi connectivity index (χ3v) is 3.38. The molecule has 0 aliphatic carbocycles. The Morgan fingerprint density at radius 3 is 2.95 bits per heavy atom. The lowest BCUT2D eigenvalue weighted by atomic mass is 10.2. The Labute approximate surface area is 127 Å². The van der Waals surface area contributed by atoms with Crippen molar-refractivity contribution in [2.75, 3.05) is 12.3 Å². The molecule has 0 aliphatic heterocycles. The van der Waals surface area contributed by atoms with Crippen molar-refractivity contribution in [3.8, 4) is 0 Å². The third kappa shape index (κ3) is 4.46. The molecule has 0 radical (unpaired) electrons. The zero-order chi connectivity index (χ0) is 15.5.